The van der Waals surface area contributed by atoms with Crippen molar-refractivity contribution in [2.45, 2.75) is 39.1 Å². The second-order valence-electron chi connectivity index (χ2n) is 5.77. The molecule has 2 N–H and O–H groups in total. The van der Waals surface area contributed by atoms with Gasteiger partial charge in [0.2, 0.25) is 0 Å². The monoisotopic (exact) mass is 406 g/mol. The SMILES string of the molecule is CC(C)NC(=O)NC(=O)[C@@H](C)OC(=O)/C=C/c1ccc(Cl)c(C(F)(F)F)c1. The second-order valence-corrected chi connectivity index (χ2v) is 6.17. The molecule has 0 saturated carbocycles. The van der Waals surface area contributed by atoms with E-state index in [1.807, 2.05) is 5.32 Å². The molecule has 10 heteroatoms. The fourth-order valence-electron chi connectivity index (χ4n) is 1.81. The number of rotatable bonds is 5. The van der Waals surface area contributed by atoms with Crippen LogP contribution < -0.4 is 10.6 Å². The largest absolute Gasteiger partial charge is 0.449 e. The number of carbonyl (C=O) groups is 3. The van der Waals surface area contributed by atoms with Crippen LogP contribution in [-0.4, -0.2) is 30.1 Å². The molecule has 3 amide bonds. The lowest BCUT2D eigenvalue weighted by atomic mass is 10.1. The van der Waals surface area contributed by atoms with Gasteiger partial charge in [-0.3, -0.25) is 10.1 Å². The van der Waals surface area contributed by atoms with Crippen LogP contribution in [0.2, 0.25) is 5.02 Å². The summed E-state index contributed by atoms with van der Waals surface area (Å²) in [4.78, 5) is 34.8. The Morgan fingerprint density at radius 2 is 1.81 bits per heavy atom. The first-order valence-electron chi connectivity index (χ1n) is 7.77. The summed E-state index contributed by atoms with van der Waals surface area (Å²) >= 11 is 5.51. The van der Waals surface area contributed by atoms with Crippen LogP contribution in [0, 0.1) is 0 Å². The smallest absolute Gasteiger partial charge is 0.417 e. The van der Waals surface area contributed by atoms with E-state index < -0.39 is 40.8 Å². The number of imide groups is 1. The summed E-state index contributed by atoms with van der Waals surface area (Å²) < 4.78 is 43.2. The van der Waals surface area contributed by atoms with Crippen LogP contribution in [0.1, 0.15) is 31.9 Å². The van der Waals surface area contributed by atoms with Crippen LogP contribution >= 0.6 is 11.6 Å². The average molecular weight is 407 g/mol. The molecule has 27 heavy (non-hydrogen) atoms. The zero-order valence-electron chi connectivity index (χ0n) is 14.7. The van der Waals surface area contributed by atoms with Crippen molar-refractivity contribution in [1.29, 1.82) is 0 Å². The highest BCUT2D eigenvalue weighted by Gasteiger charge is 2.33. The molecule has 0 bridgehead atoms. The minimum absolute atomic E-state index is 0.0668. The van der Waals surface area contributed by atoms with Crippen molar-refractivity contribution in [1.82, 2.24) is 10.6 Å². The maximum absolute atomic E-state index is 12.8. The molecule has 0 unspecified atom stereocenters. The molecule has 0 radical (unpaired) electrons. The van der Waals surface area contributed by atoms with Crippen LogP contribution in [0.25, 0.3) is 6.08 Å². The van der Waals surface area contributed by atoms with E-state index in [1.165, 1.54) is 13.0 Å². The van der Waals surface area contributed by atoms with Gasteiger partial charge >= 0.3 is 18.2 Å². The van der Waals surface area contributed by atoms with Crippen molar-refractivity contribution in [3.8, 4) is 0 Å². The lowest BCUT2D eigenvalue weighted by molar-refractivity contribution is -0.149. The fourth-order valence-corrected chi connectivity index (χ4v) is 2.03. The molecule has 1 aromatic carbocycles. The van der Waals surface area contributed by atoms with Crippen LogP contribution in [-0.2, 0) is 20.5 Å². The number of hydrogen-bond acceptors (Lipinski definition) is 4. The molecule has 0 heterocycles. The van der Waals surface area contributed by atoms with Gasteiger partial charge in [-0.15, -0.1) is 0 Å². The standard InChI is InChI=1S/C17H18ClF3N2O4/c1-9(2)22-16(26)23-15(25)10(3)27-14(24)7-5-11-4-6-13(18)12(8-11)17(19,20)21/h4-10H,1-3H3,(H2,22,23,25,26)/b7-5+/t10-/m1/s1. The third kappa shape index (κ3) is 7.69. The molecule has 0 fully saturated rings. The summed E-state index contributed by atoms with van der Waals surface area (Å²) in [5, 5.41) is 3.95. The number of carbonyl (C=O) groups excluding carboxylic acids is 3. The van der Waals surface area contributed by atoms with Crippen molar-refractivity contribution in [3.63, 3.8) is 0 Å². The quantitative estimate of drug-likeness (QED) is 0.578. The van der Waals surface area contributed by atoms with Crippen LogP contribution in [0.15, 0.2) is 24.3 Å². The fraction of sp³-hybridized carbons (Fsp3) is 0.353. The molecular weight excluding hydrogens is 389 g/mol. The molecule has 0 aliphatic heterocycles. The van der Waals surface area contributed by atoms with E-state index in [-0.39, 0.29) is 11.6 Å². The Hall–Kier alpha value is -2.55. The average Bonchev–Trinajstić information content (AvgIpc) is 2.51. The van der Waals surface area contributed by atoms with E-state index >= 15 is 0 Å². The Morgan fingerprint density at radius 3 is 2.37 bits per heavy atom. The van der Waals surface area contributed by atoms with Gasteiger partial charge in [-0.05, 0) is 44.5 Å². The predicted molar refractivity (Wildman–Crippen MR) is 92.9 cm³/mol. The number of benzene rings is 1. The van der Waals surface area contributed by atoms with Crippen LogP contribution in [0.5, 0.6) is 0 Å². The molecule has 1 atom stereocenters. The summed E-state index contributed by atoms with van der Waals surface area (Å²) in [6.07, 6.45) is -3.97. The van der Waals surface area contributed by atoms with Gasteiger partial charge in [0.1, 0.15) is 0 Å². The van der Waals surface area contributed by atoms with Crippen molar-refractivity contribution in [3.05, 3.63) is 40.4 Å². The first kappa shape index (κ1) is 22.5. The molecule has 0 aliphatic rings. The summed E-state index contributed by atoms with van der Waals surface area (Å²) in [6, 6.07) is 2.18. The first-order chi connectivity index (χ1) is 12.4. The Bertz CT molecular complexity index is 748. The highest BCUT2D eigenvalue weighted by molar-refractivity contribution is 6.31. The van der Waals surface area contributed by atoms with Crippen molar-refractivity contribution >= 4 is 35.6 Å². The van der Waals surface area contributed by atoms with Crippen LogP contribution in [0.3, 0.4) is 0 Å². The van der Waals surface area contributed by atoms with Gasteiger partial charge in [0.15, 0.2) is 6.10 Å². The Labute approximate surface area is 158 Å². The Balaban J connectivity index is 2.69. The summed E-state index contributed by atoms with van der Waals surface area (Å²) in [7, 11) is 0. The maximum Gasteiger partial charge on any atom is 0.417 e. The molecule has 1 aromatic rings. The van der Waals surface area contributed by atoms with Gasteiger partial charge in [-0.2, -0.15) is 13.2 Å². The predicted octanol–water partition coefficient (Wildman–Crippen LogP) is 3.54. The Kier molecular flexibility index (Phi) is 7.83. The number of amides is 3. The van der Waals surface area contributed by atoms with Gasteiger partial charge in [0.25, 0.3) is 5.91 Å². The number of halogens is 4. The highest BCUT2D eigenvalue weighted by Crippen LogP contribution is 2.35. The van der Waals surface area contributed by atoms with Crippen molar-refractivity contribution < 1.29 is 32.3 Å². The number of alkyl halides is 3. The van der Waals surface area contributed by atoms with Crippen LogP contribution in [0.4, 0.5) is 18.0 Å². The number of ether oxygens (including phenoxy) is 1. The summed E-state index contributed by atoms with van der Waals surface area (Å²) in [6.45, 7) is 4.63. The number of esters is 1. The first-order valence-corrected chi connectivity index (χ1v) is 8.14. The molecule has 6 nitrogen and oxygen atoms in total. The number of urea groups is 1. The topological polar surface area (TPSA) is 84.5 Å². The van der Waals surface area contributed by atoms with Gasteiger partial charge in [0.05, 0.1) is 10.6 Å². The zero-order chi connectivity index (χ0) is 20.8. The lowest BCUT2D eigenvalue weighted by Gasteiger charge is -2.13. The van der Waals surface area contributed by atoms with Gasteiger partial charge in [0, 0.05) is 12.1 Å². The molecular formula is C17H18ClF3N2O4. The van der Waals surface area contributed by atoms with Gasteiger partial charge < -0.3 is 10.1 Å². The van der Waals surface area contributed by atoms with Gasteiger partial charge in [-0.1, -0.05) is 17.7 Å². The zero-order valence-corrected chi connectivity index (χ0v) is 15.4. The normalized spacial score (nSPS) is 12.7. The van der Waals surface area contributed by atoms with Crippen molar-refractivity contribution in [2.75, 3.05) is 0 Å². The molecule has 0 saturated heterocycles. The third-order valence-corrected chi connectivity index (χ3v) is 3.36. The number of hydrogen-bond donors (Lipinski definition) is 2. The van der Waals surface area contributed by atoms with Gasteiger partial charge in [-0.25, -0.2) is 9.59 Å². The lowest BCUT2D eigenvalue weighted by Crippen LogP contribution is -2.46. The van der Waals surface area contributed by atoms with E-state index in [0.29, 0.717) is 0 Å². The van der Waals surface area contributed by atoms with Crippen molar-refractivity contribution in [2.24, 2.45) is 0 Å². The summed E-state index contributed by atoms with van der Waals surface area (Å²) in [5.41, 5.74) is -0.972. The van der Waals surface area contributed by atoms with E-state index in [2.05, 4.69) is 5.32 Å². The molecule has 148 valence electrons. The Morgan fingerprint density at radius 1 is 1.19 bits per heavy atom. The minimum Gasteiger partial charge on any atom is -0.449 e. The highest BCUT2D eigenvalue weighted by atomic mass is 35.5. The summed E-state index contributed by atoms with van der Waals surface area (Å²) in [5.74, 6) is -1.81. The van der Waals surface area contributed by atoms with E-state index in [1.54, 1.807) is 13.8 Å². The molecule has 0 spiro atoms. The second kappa shape index (κ2) is 9.40. The molecule has 0 aliphatic carbocycles. The van der Waals surface area contributed by atoms with E-state index in [4.69, 9.17) is 16.3 Å². The minimum atomic E-state index is -4.63. The molecule has 1 rings (SSSR count). The number of nitrogens with one attached hydrogen (secondary N) is 2. The maximum atomic E-state index is 12.8. The van der Waals surface area contributed by atoms with E-state index in [0.717, 1.165) is 24.3 Å². The third-order valence-electron chi connectivity index (χ3n) is 3.03. The van der Waals surface area contributed by atoms with E-state index in [9.17, 15) is 27.6 Å². The molecule has 0 aromatic heterocycles.